The molecular formula is C49H86N2O5. The second kappa shape index (κ2) is 33.5. The lowest BCUT2D eigenvalue weighted by Gasteiger charge is -2.23. The molecule has 1 aliphatic rings. The van der Waals surface area contributed by atoms with Crippen LogP contribution in [0.5, 0.6) is 0 Å². The molecule has 0 fully saturated rings. The molecule has 2 unspecified atom stereocenters. The fraction of sp³-hybridized carbons (Fsp3) is 0.592. The zero-order valence-electron chi connectivity index (χ0n) is 38.9. The van der Waals surface area contributed by atoms with Crippen molar-refractivity contribution in [2.45, 2.75) is 153 Å². The molecule has 7 nitrogen and oxygen atoms in total. The van der Waals surface area contributed by atoms with E-state index in [0.29, 0.717) is 37.2 Å². The minimum absolute atomic E-state index is 0.106. The van der Waals surface area contributed by atoms with Crippen molar-refractivity contribution >= 4 is 17.8 Å². The number of aldehydes is 1. The van der Waals surface area contributed by atoms with Crippen LogP contribution in [0.25, 0.3) is 5.57 Å². The van der Waals surface area contributed by atoms with Gasteiger partial charge in [0, 0.05) is 31.9 Å². The monoisotopic (exact) mass is 783 g/mol. The van der Waals surface area contributed by atoms with Crippen LogP contribution >= 0.6 is 0 Å². The third kappa shape index (κ3) is 30.5. The first-order valence-corrected chi connectivity index (χ1v) is 20.4. The Balaban J connectivity index is -0.000000444. The predicted molar refractivity (Wildman–Crippen MR) is 246 cm³/mol. The zero-order valence-corrected chi connectivity index (χ0v) is 38.9. The molecule has 0 aliphatic heterocycles. The molecule has 0 aromatic heterocycles. The highest BCUT2D eigenvalue weighted by molar-refractivity contribution is 5.86. The number of unbranched alkanes of at least 4 members (excludes halogenated alkanes) is 1. The van der Waals surface area contributed by atoms with Crippen molar-refractivity contribution in [3.8, 4) is 0 Å². The van der Waals surface area contributed by atoms with Crippen molar-refractivity contribution in [2.24, 2.45) is 10.8 Å². The Kier molecular flexibility index (Phi) is 35.3. The lowest BCUT2D eigenvalue weighted by molar-refractivity contribution is -0.154. The quantitative estimate of drug-likeness (QED) is 0.0476. The molecule has 322 valence electrons. The van der Waals surface area contributed by atoms with Crippen molar-refractivity contribution in [3.63, 3.8) is 0 Å². The van der Waals surface area contributed by atoms with Crippen LogP contribution in [-0.4, -0.2) is 56.3 Å². The average molecular weight is 783 g/mol. The first-order valence-electron chi connectivity index (χ1n) is 20.4. The van der Waals surface area contributed by atoms with Gasteiger partial charge in [-0.2, -0.15) is 0 Å². The van der Waals surface area contributed by atoms with E-state index in [-0.39, 0.29) is 23.3 Å². The number of hydrogen-bond donors (Lipinski definition) is 3. The molecule has 3 N–H and O–H groups in total. The molecule has 0 bridgehead atoms. The number of aliphatic hydroxyl groups is 1. The van der Waals surface area contributed by atoms with Crippen LogP contribution in [0.1, 0.15) is 153 Å². The molecule has 0 saturated heterocycles. The first-order chi connectivity index (χ1) is 26.2. The molecule has 0 radical (unpaired) electrons. The highest BCUT2D eigenvalue weighted by atomic mass is 16.6. The molecular weight excluding hydrogens is 697 g/mol. The van der Waals surface area contributed by atoms with E-state index in [1.54, 1.807) is 0 Å². The van der Waals surface area contributed by atoms with Crippen molar-refractivity contribution in [3.05, 3.63) is 103 Å². The van der Waals surface area contributed by atoms with Gasteiger partial charge in [0.05, 0.1) is 0 Å². The van der Waals surface area contributed by atoms with Gasteiger partial charge in [0.1, 0.15) is 18.5 Å². The lowest BCUT2D eigenvalue weighted by atomic mass is 9.86. The lowest BCUT2D eigenvalue weighted by Crippen LogP contribution is -2.28. The Morgan fingerprint density at radius 2 is 1.50 bits per heavy atom. The van der Waals surface area contributed by atoms with Crippen molar-refractivity contribution in [1.82, 2.24) is 10.6 Å². The van der Waals surface area contributed by atoms with Gasteiger partial charge in [-0.1, -0.05) is 137 Å². The summed E-state index contributed by atoms with van der Waals surface area (Å²) >= 11 is 0. The largest absolute Gasteiger partial charge is 0.479 e. The zero-order chi connectivity index (χ0) is 44.5. The minimum Gasteiger partial charge on any atom is -0.479 e. The smallest absolute Gasteiger partial charge is 0.306 e. The van der Waals surface area contributed by atoms with E-state index in [0.717, 1.165) is 39.2 Å². The van der Waals surface area contributed by atoms with E-state index < -0.39 is 5.60 Å². The van der Waals surface area contributed by atoms with Crippen molar-refractivity contribution < 1.29 is 24.2 Å². The van der Waals surface area contributed by atoms with Gasteiger partial charge in [0.15, 0.2) is 5.88 Å². The van der Waals surface area contributed by atoms with Crippen LogP contribution < -0.4 is 10.6 Å². The number of rotatable bonds is 17. The summed E-state index contributed by atoms with van der Waals surface area (Å²) in [6, 6.07) is 8.58. The fourth-order valence-corrected chi connectivity index (χ4v) is 5.48. The summed E-state index contributed by atoms with van der Waals surface area (Å²) in [6.07, 6.45) is 13.2. The van der Waals surface area contributed by atoms with E-state index in [4.69, 9.17) is 14.6 Å². The van der Waals surface area contributed by atoms with Crippen LogP contribution in [0.4, 0.5) is 0 Å². The van der Waals surface area contributed by atoms with Gasteiger partial charge in [-0.3, -0.25) is 4.79 Å². The van der Waals surface area contributed by atoms with E-state index in [2.05, 4.69) is 115 Å². The number of benzene rings is 1. The third-order valence-electron chi connectivity index (χ3n) is 7.34. The second-order valence-corrected chi connectivity index (χ2v) is 16.2. The highest BCUT2D eigenvalue weighted by Crippen LogP contribution is 2.43. The predicted octanol–water partition coefficient (Wildman–Crippen LogP) is 12.3. The fourth-order valence-electron chi connectivity index (χ4n) is 5.48. The SMILES string of the molecule is C=CC1=C(/C=C\C)C(COC(=C)NC(C=C)CCC(=C)CC(C)(C)C)c2ccccc21.CC.CC.CC(C)(C)OC(=O)CCCC=O.CNCC(C)(C)C.CO. The normalized spacial score (nSPS) is 13.4. The molecule has 2 rings (SSSR count). The van der Waals surface area contributed by atoms with Crippen LogP contribution in [-0.2, 0) is 19.1 Å². The van der Waals surface area contributed by atoms with Crippen LogP contribution in [0, 0.1) is 10.8 Å². The van der Waals surface area contributed by atoms with E-state index in [9.17, 15) is 9.59 Å². The van der Waals surface area contributed by atoms with E-state index in [1.807, 2.05) is 74.6 Å². The summed E-state index contributed by atoms with van der Waals surface area (Å²) < 4.78 is 11.1. The first kappa shape index (κ1) is 59.0. The van der Waals surface area contributed by atoms with Gasteiger partial charge < -0.3 is 30.0 Å². The second-order valence-electron chi connectivity index (χ2n) is 16.2. The summed E-state index contributed by atoms with van der Waals surface area (Å²) in [7, 11) is 2.98. The number of ether oxygens (including phenoxy) is 2. The highest BCUT2D eigenvalue weighted by Gasteiger charge is 2.29. The Hall–Kier alpha value is -3.68. The van der Waals surface area contributed by atoms with Crippen LogP contribution in [0.3, 0.4) is 0 Å². The van der Waals surface area contributed by atoms with Gasteiger partial charge in [0.2, 0.25) is 0 Å². The topological polar surface area (TPSA) is 96.9 Å². The van der Waals surface area contributed by atoms with Crippen LogP contribution in [0.15, 0.2) is 91.9 Å². The Labute approximate surface area is 345 Å². The number of allylic oxidation sites excluding steroid dienone is 5. The van der Waals surface area contributed by atoms with Crippen molar-refractivity contribution in [2.75, 3.05) is 27.3 Å². The van der Waals surface area contributed by atoms with Crippen LogP contribution in [0.2, 0.25) is 0 Å². The minimum atomic E-state index is -0.418. The van der Waals surface area contributed by atoms with Gasteiger partial charge >= 0.3 is 5.97 Å². The molecule has 1 aromatic rings. The van der Waals surface area contributed by atoms with Crippen molar-refractivity contribution in [1.29, 1.82) is 0 Å². The number of esters is 1. The summed E-state index contributed by atoms with van der Waals surface area (Å²) in [5.41, 5.74) is 6.49. The molecule has 56 heavy (non-hydrogen) atoms. The number of aliphatic hydroxyl groups excluding tert-OH is 1. The summed E-state index contributed by atoms with van der Waals surface area (Å²) in [4.78, 5) is 20.9. The van der Waals surface area contributed by atoms with Gasteiger partial charge in [-0.15, -0.1) is 6.58 Å². The van der Waals surface area contributed by atoms with E-state index in [1.165, 1.54) is 27.8 Å². The van der Waals surface area contributed by atoms with E-state index >= 15 is 0 Å². The molecule has 0 heterocycles. The van der Waals surface area contributed by atoms with Gasteiger partial charge in [0.25, 0.3) is 0 Å². The van der Waals surface area contributed by atoms with Gasteiger partial charge in [-0.05, 0) is 107 Å². The maximum atomic E-state index is 11.0. The Morgan fingerprint density at radius 3 is 1.93 bits per heavy atom. The number of fused-ring (bicyclic) bond motifs is 1. The molecule has 0 amide bonds. The number of hydrogen-bond acceptors (Lipinski definition) is 7. The molecule has 1 aliphatic carbocycles. The van der Waals surface area contributed by atoms with Gasteiger partial charge in [-0.25, -0.2) is 0 Å². The third-order valence-corrected chi connectivity index (χ3v) is 7.34. The number of carbonyl (C=O) groups is 2. The average Bonchev–Trinajstić information content (AvgIpc) is 3.42. The number of nitrogens with one attached hydrogen (secondary N) is 2. The number of carbonyl (C=O) groups excluding carboxylic acids is 2. The molecule has 0 saturated carbocycles. The summed E-state index contributed by atoms with van der Waals surface area (Å²) in [5, 5.41) is 13.5. The Bertz CT molecular complexity index is 1300. The Morgan fingerprint density at radius 1 is 0.929 bits per heavy atom. The molecule has 1 aromatic carbocycles. The molecule has 7 heteroatoms. The maximum absolute atomic E-state index is 11.0. The molecule has 0 spiro atoms. The standard InChI is InChI=1S/C29H39NO.C9H16O3.C6H15N.2C2H6.CH4O/c1-9-14-25-24(11-3)26-15-12-13-16-27(26)28(25)20-31-22(5)30-23(10-2)18-17-21(4)19-29(6,7)8;1-9(2,3)12-8(11)6-4-5-7-10;1-6(2,3)5-7-4;3*1-2/h9-16,23,28,30H,2-5,17-20H2,1,6-8H3;7H,4-6H2,1-3H3;7H,5H2,1-4H3;2*1-2H3;2H,1H3/b14-9-;;;;;. The summed E-state index contributed by atoms with van der Waals surface area (Å²) in [5.74, 6) is 0.507. The maximum Gasteiger partial charge on any atom is 0.306 e. The molecule has 2 atom stereocenters. The summed E-state index contributed by atoms with van der Waals surface area (Å²) in [6.45, 7) is 46.8.